The van der Waals surface area contributed by atoms with E-state index in [0.29, 0.717) is 12.2 Å². The van der Waals surface area contributed by atoms with Crippen LogP contribution in [0.4, 0.5) is 10.1 Å². The first kappa shape index (κ1) is 24.7. The summed E-state index contributed by atoms with van der Waals surface area (Å²) in [5, 5.41) is 2.99. The van der Waals surface area contributed by atoms with Crippen LogP contribution >= 0.6 is 0 Å². The van der Waals surface area contributed by atoms with Gasteiger partial charge in [0.25, 0.3) is 10.0 Å². The van der Waals surface area contributed by atoms with Gasteiger partial charge in [-0.15, -0.1) is 0 Å². The van der Waals surface area contributed by atoms with E-state index in [1.54, 1.807) is 18.2 Å². The summed E-state index contributed by atoms with van der Waals surface area (Å²) >= 11 is 0. The number of ether oxygens (including phenoxy) is 1. The molecular formula is C27H29FN2O4S. The lowest BCUT2D eigenvalue weighted by Crippen LogP contribution is -2.47. The molecule has 0 aliphatic carbocycles. The normalized spacial score (nSPS) is 16.6. The highest BCUT2D eigenvalue weighted by atomic mass is 32.2. The number of rotatable bonds is 8. The molecule has 35 heavy (non-hydrogen) atoms. The molecule has 0 spiro atoms. The van der Waals surface area contributed by atoms with Gasteiger partial charge in [0.05, 0.1) is 16.6 Å². The fourth-order valence-corrected chi connectivity index (χ4v) is 5.92. The number of halogens is 1. The number of sulfonamides is 1. The molecule has 3 aromatic rings. The molecule has 1 aliphatic heterocycles. The Hall–Kier alpha value is -3.39. The summed E-state index contributed by atoms with van der Waals surface area (Å²) in [5.74, 6) is -0.557. The maximum Gasteiger partial charge on any atom is 0.264 e. The molecule has 0 fully saturated rings. The highest BCUT2D eigenvalue weighted by Gasteiger charge is 2.39. The van der Waals surface area contributed by atoms with E-state index in [4.69, 9.17) is 4.74 Å². The third kappa shape index (κ3) is 5.03. The molecule has 1 heterocycles. The van der Waals surface area contributed by atoms with Crippen molar-refractivity contribution in [2.75, 3.05) is 10.8 Å². The Balaban J connectivity index is 1.66. The lowest BCUT2D eigenvalue weighted by molar-refractivity contribution is -0.121. The lowest BCUT2D eigenvalue weighted by atomic mass is 9.83. The second-order valence-electron chi connectivity index (χ2n) is 8.63. The average molecular weight is 497 g/mol. The van der Waals surface area contributed by atoms with Crippen molar-refractivity contribution in [2.24, 2.45) is 0 Å². The van der Waals surface area contributed by atoms with E-state index in [1.807, 2.05) is 38.1 Å². The monoisotopic (exact) mass is 496 g/mol. The number of hydrogen-bond acceptors (Lipinski definition) is 4. The van der Waals surface area contributed by atoms with Gasteiger partial charge in [0.15, 0.2) is 0 Å². The molecular weight excluding hydrogens is 467 g/mol. The molecule has 0 unspecified atom stereocenters. The summed E-state index contributed by atoms with van der Waals surface area (Å²) in [6, 6.07) is 20.4. The number of para-hydroxylation sites is 2. The van der Waals surface area contributed by atoms with Crippen LogP contribution in [-0.4, -0.2) is 26.5 Å². The highest BCUT2D eigenvalue weighted by molar-refractivity contribution is 7.92. The molecule has 0 aromatic heterocycles. The number of carbonyl (C=O) groups excluding carboxylic acids is 1. The number of anilines is 1. The van der Waals surface area contributed by atoms with Gasteiger partial charge in [-0.05, 0) is 43.2 Å². The van der Waals surface area contributed by atoms with Crippen LogP contribution in [0.5, 0.6) is 5.75 Å². The Bertz CT molecular complexity index is 1290. The van der Waals surface area contributed by atoms with Crippen LogP contribution in [0.15, 0.2) is 83.8 Å². The molecule has 1 aliphatic rings. The predicted molar refractivity (Wildman–Crippen MR) is 133 cm³/mol. The van der Waals surface area contributed by atoms with E-state index < -0.39 is 33.9 Å². The van der Waals surface area contributed by atoms with Crippen molar-refractivity contribution in [1.82, 2.24) is 5.32 Å². The predicted octanol–water partition coefficient (Wildman–Crippen LogP) is 5.22. The molecule has 0 saturated heterocycles. The highest BCUT2D eigenvalue weighted by Crippen LogP contribution is 2.42. The third-order valence-corrected chi connectivity index (χ3v) is 8.33. The zero-order valence-corrected chi connectivity index (χ0v) is 20.6. The summed E-state index contributed by atoms with van der Waals surface area (Å²) in [5.41, 5.74) is 0.213. The molecule has 1 amide bonds. The van der Waals surface area contributed by atoms with Crippen LogP contribution in [0.1, 0.15) is 44.7 Å². The van der Waals surface area contributed by atoms with Gasteiger partial charge in [-0.3, -0.25) is 9.10 Å². The van der Waals surface area contributed by atoms with Crippen LogP contribution in [0.3, 0.4) is 0 Å². The van der Waals surface area contributed by atoms with Gasteiger partial charge in [-0.2, -0.15) is 0 Å². The van der Waals surface area contributed by atoms with Crippen molar-refractivity contribution >= 4 is 21.6 Å². The summed E-state index contributed by atoms with van der Waals surface area (Å²) in [4.78, 5) is 13.3. The zero-order valence-electron chi connectivity index (χ0n) is 19.8. The zero-order chi connectivity index (χ0) is 25.1. The second kappa shape index (κ2) is 10.1. The second-order valence-corrected chi connectivity index (χ2v) is 10.5. The van der Waals surface area contributed by atoms with E-state index >= 15 is 0 Å². The molecule has 1 atom stereocenters. The number of benzene rings is 3. The number of amides is 1. The van der Waals surface area contributed by atoms with Gasteiger partial charge in [-0.1, -0.05) is 62.4 Å². The Kier molecular flexibility index (Phi) is 7.12. The van der Waals surface area contributed by atoms with Gasteiger partial charge in [0.2, 0.25) is 5.91 Å². The fraction of sp³-hybridized carbons (Fsp3) is 0.296. The van der Waals surface area contributed by atoms with E-state index in [9.17, 15) is 17.6 Å². The average Bonchev–Trinajstić information content (AvgIpc) is 2.88. The number of carbonyl (C=O) groups is 1. The van der Waals surface area contributed by atoms with Crippen molar-refractivity contribution in [1.29, 1.82) is 0 Å². The summed E-state index contributed by atoms with van der Waals surface area (Å²) in [7, 11) is -4.20. The van der Waals surface area contributed by atoms with E-state index in [2.05, 4.69) is 5.32 Å². The molecule has 3 aromatic carbocycles. The first-order chi connectivity index (χ1) is 16.8. The smallest absolute Gasteiger partial charge is 0.264 e. The topological polar surface area (TPSA) is 75.7 Å². The van der Waals surface area contributed by atoms with Crippen LogP contribution in [0, 0.1) is 5.82 Å². The van der Waals surface area contributed by atoms with Gasteiger partial charge >= 0.3 is 0 Å². The van der Waals surface area contributed by atoms with Crippen molar-refractivity contribution in [3.8, 4) is 5.75 Å². The van der Waals surface area contributed by atoms with E-state index in [0.717, 1.165) is 22.7 Å². The fourth-order valence-electron chi connectivity index (χ4n) is 4.47. The Morgan fingerprint density at radius 3 is 2.31 bits per heavy atom. The van der Waals surface area contributed by atoms with Crippen molar-refractivity contribution < 1.29 is 22.3 Å². The summed E-state index contributed by atoms with van der Waals surface area (Å²) in [6.45, 7) is 3.52. The van der Waals surface area contributed by atoms with Crippen molar-refractivity contribution in [2.45, 2.75) is 49.6 Å². The lowest BCUT2D eigenvalue weighted by Gasteiger charge is -2.41. The van der Waals surface area contributed by atoms with Gasteiger partial charge in [0, 0.05) is 12.0 Å². The van der Waals surface area contributed by atoms with Gasteiger partial charge in [0.1, 0.15) is 23.7 Å². The maximum atomic E-state index is 14.7. The van der Waals surface area contributed by atoms with Crippen LogP contribution < -0.4 is 14.4 Å². The molecule has 0 saturated carbocycles. The minimum atomic E-state index is -4.20. The van der Waals surface area contributed by atoms with E-state index in [-0.39, 0.29) is 16.6 Å². The summed E-state index contributed by atoms with van der Waals surface area (Å²) in [6.07, 6.45) is 2.07. The number of nitrogens with zero attached hydrogens (tertiary/aromatic N) is 1. The SMILES string of the molecule is CCC1(CC)C[C@H](NC(=O)CN(c2ccccc2F)S(=O)(=O)c2ccccc2)c2ccccc2O1. The van der Waals surface area contributed by atoms with Crippen molar-refractivity contribution in [3.63, 3.8) is 0 Å². The van der Waals surface area contributed by atoms with Crippen molar-refractivity contribution in [3.05, 3.63) is 90.2 Å². The quantitative estimate of drug-likeness (QED) is 0.464. The number of nitrogens with one attached hydrogen (secondary N) is 1. The molecule has 1 N–H and O–H groups in total. The maximum absolute atomic E-state index is 14.7. The van der Waals surface area contributed by atoms with Crippen LogP contribution in [-0.2, 0) is 14.8 Å². The molecule has 8 heteroatoms. The standard InChI is InChI=1S/C27H29FN2O4S/c1-3-27(4-2)18-23(21-14-8-11-17-25(21)34-27)29-26(31)19-30(24-16-10-9-15-22(24)28)35(32,33)20-12-6-5-7-13-20/h5-17,23H,3-4,18-19H2,1-2H3,(H,29,31)/t23-/m0/s1. The molecule has 6 nitrogen and oxygen atoms in total. The van der Waals surface area contributed by atoms with Gasteiger partial charge in [-0.25, -0.2) is 12.8 Å². The Labute approximate surface area is 205 Å². The molecule has 0 radical (unpaired) electrons. The largest absolute Gasteiger partial charge is 0.487 e. The summed E-state index contributed by atoms with van der Waals surface area (Å²) < 4.78 is 48.8. The van der Waals surface area contributed by atoms with E-state index in [1.165, 1.54) is 36.4 Å². The molecule has 4 rings (SSSR count). The Morgan fingerprint density at radius 1 is 1.00 bits per heavy atom. The third-order valence-electron chi connectivity index (χ3n) is 6.56. The Morgan fingerprint density at radius 2 is 1.63 bits per heavy atom. The minimum Gasteiger partial charge on any atom is -0.487 e. The molecule has 184 valence electrons. The van der Waals surface area contributed by atoms with Crippen LogP contribution in [0.2, 0.25) is 0 Å². The van der Waals surface area contributed by atoms with Crippen LogP contribution in [0.25, 0.3) is 0 Å². The molecule has 0 bridgehead atoms. The number of hydrogen-bond donors (Lipinski definition) is 1. The minimum absolute atomic E-state index is 0.0246. The van der Waals surface area contributed by atoms with Gasteiger partial charge < -0.3 is 10.1 Å². The first-order valence-corrected chi connectivity index (χ1v) is 13.1. The first-order valence-electron chi connectivity index (χ1n) is 11.7. The number of fused-ring (bicyclic) bond motifs is 1.